The zero-order valence-corrected chi connectivity index (χ0v) is 42.0. The Morgan fingerprint density at radius 2 is 1.55 bits per heavy atom. The second-order valence-corrected chi connectivity index (χ2v) is 20.0. The van der Waals surface area contributed by atoms with Gasteiger partial charge in [-0.25, -0.2) is 19.9 Å². The maximum Gasteiger partial charge on any atom is 0.326 e. The molecule has 3 aromatic carbocycles. The number of nitrogens with two attached hydrogens (primary N) is 4. The third-order valence-corrected chi connectivity index (χ3v) is 12.4. The smallest absolute Gasteiger partial charge is 0.326 e. The van der Waals surface area contributed by atoms with Crippen LogP contribution in [0.3, 0.4) is 0 Å². The molecule has 0 saturated carbocycles. The van der Waals surface area contributed by atoms with Crippen LogP contribution in [0, 0.1) is 13.8 Å². The van der Waals surface area contributed by atoms with Gasteiger partial charge in [0.2, 0.25) is 17.7 Å². The number of carbonyl (C=O) groups is 5. The molecule has 0 aliphatic carbocycles. The standard InChI is InChI=1S/C47H63N11O14S/c1-21-10-26(47(4,5)6)15-33(61)36(21)41-53-22(2)37(40(50)57-41)43(64)56-32(18-52-73(51,69)70)45(66)58(7)38-25-13-30(39(62)35(14-25)72-20-28(60)17-49)29-11-24(8-9-34(29)71-19-27(59)16-48)12-31(46(67)68)55-42(63)23(3)54-44(38)65/h8-11,13-15,23,27-28,31-32,38,52,59-62H,12,16-20,48-49H2,1-7H3,(H,54,65)(H,55,63)(H,56,64)(H,67,68)(H2,50,53,57)(H2,51,69,70)/t23-,27+,28+,31-,32-,38-/m0/s1. The largest absolute Gasteiger partial charge is 0.507 e. The zero-order valence-electron chi connectivity index (χ0n) is 41.2. The molecule has 0 radical (unpaired) electrons. The molecule has 17 N–H and O–H groups in total. The maximum absolute atomic E-state index is 14.9. The molecule has 396 valence electrons. The van der Waals surface area contributed by atoms with Crippen LogP contribution in [0.4, 0.5) is 5.82 Å². The number of aromatic hydroxyl groups is 2. The monoisotopic (exact) mass is 1040 g/mol. The number of carboxylic acids is 1. The number of rotatable bonds is 17. The highest BCUT2D eigenvalue weighted by atomic mass is 32.2. The number of aliphatic carboxylic acids is 1. The molecule has 25 nitrogen and oxygen atoms in total. The van der Waals surface area contributed by atoms with Crippen molar-refractivity contribution in [2.75, 3.05) is 45.6 Å². The van der Waals surface area contributed by atoms with E-state index in [1.54, 1.807) is 13.0 Å². The van der Waals surface area contributed by atoms with E-state index in [4.69, 9.17) is 31.8 Å². The topological polar surface area (TPSA) is 420 Å². The maximum atomic E-state index is 14.9. The Morgan fingerprint density at radius 3 is 2.11 bits per heavy atom. The number of nitrogens with one attached hydrogen (secondary N) is 4. The number of hydrogen-bond acceptors (Lipinski definition) is 18. The van der Waals surface area contributed by atoms with Gasteiger partial charge in [0, 0.05) is 44.2 Å². The number of aryl methyl sites for hydroxylation is 2. The van der Waals surface area contributed by atoms with Crippen molar-refractivity contribution in [1.29, 1.82) is 0 Å². The van der Waals surface area contributed by atoms with E-state index >= 15 is 0 Å². The van der Waals surface area contributed by atoms with Gasteiger partial charge in [0.15, 0.2) is 17.3 Å². The van der Waals surface area contributed by atoms with Crippen LogP contribution in [0.2, 0.25) is 0 Å². The van der Waals surface area contributed by atoms with Crippen molar-refractivity contribution in [3.8, 4) is 45.5 Å². The van der Waals surface area contributed by atoms with E-state index in [9.17, 15) is 57.9 Å². The molecule has 4 amide bonds. The van der Waals surface area contributed by atoms with Gasteiger partial charge >= 0.3 is 5.97 Å². The summed E-state index contributed by atoms with van der Waals surface area (Å²) in [6.45, 7) is 8.02. The number of nitrogens with zero attached hydrogens (tertiary/aromatic N) is 3. The molecular weight excluding hydrogens is 975 g/mol. The molecule has 0 spiro atoms. The Morgan fingerprint density at radius 1 is 0.918 bits per heavy atom. The molecule has 0 fully saturated rings. The summed E-state index contributed by atoms with van der Waals surface area (Å²) in [5, 5.41) is 66.4. The minimum atomic E-state index is -4.58. The summed E-state index contributed by atoms with van der Waals surface area (Å²) in [4.78, 5) is 79.5. The predicted molar refractivity (Wildman–Crippen MR) is 265 cm³/mol. The summed E-state index contributed by atoms with van der Waals surface area (Å²) in [5.74, 6) is -7.34. The van der Waals surface area contributed by atoms with Crippen LogP contribution in [0.25, 0.3) is 22.5 Å². The molecule has 1 aromatic heterocycles. The fourth-order valence-corrected chi connectivity index (χ4v) is 8.17. The fourth-order valence-electron chi connectivity index (χ4n) is 7.78. The van der Waals surface area contributed by atoms with Crippen molar-refractivity contribution < 1.29 is 67.4 Å². The number of aromatic nitrogens is 2. The van der Waals surface area contributed by atoms with E-state index in [2.05, 4.69) is 25.9 Å². The van der Waals surface area contributed by atoms with Crippen molar-refractivity contribution in [2.24, 2.45) is 16.6 Å². The van der Waals surface area contributed by atoms with Crippen LogP contribution in [0.15, 0.2) is 42.5 Å². The lowest BCUT2D eigenvalue weighted by Gasteiger charge is -2.33. The van der Waals surface area contributed by atoms with Crippen molar-refractivity contribution >= 4 is 45.6 Å². The predicted octanol–water partition coefficient (Wildman–Crippen LogP) is -1.16. The van der Waals surface area contributed by atoms with Gasteiger partial charge in [0.1, 0.15) is 72.5 Å². The van der Waals surface area contributed by atoms with Crippen molar-refractivity contribution in [3.63, 3.8) is 0 Å². The van der Waals surface area contributed by atoms with E-state index < -0.39 is 101 Å². The number of aliphatic hydroxyl groups excluding tert-OH is 2. The van der Waals surface area contributed by atoms with Gasteiger partial charge < -0.3 is 73.1 Å². The Balaban J connectivity index is 1.68. The van der Waals surface area contributed by atoms with Gasteiger partial charge in [-0.1, -0.05) is 32.9 Å². The molecule has 1 aliphatic rings. The highest BCUT2D eigenvalue weighted by molar-refractivity contribution is 7.87. The number of likely N-dealkylation sites (N-methyl/N-ethyl adjacent to an activating group) is 1. The number of carbonyl (C=O) groups excluding carboxylic acids is 4. The van der Waals surface area contributed by atoms with Gasteiger partial charge in [0.25, 0.3) is 16.1 Å². The second kappa shape index (κ2) is 23.1. The Labute approximate surface area is 420 Å². The number of aliphatic hydroxyl groups is 2. The zero-order chi connectivity index (χ0) is 54.4. The average Bonchev–Trinajstić information content (AvgIpc) is 3.30. The van der Waals surface area contributed by atoms with E-state index in [1.807, 2.05) is 31.6 Å². The van der Waals surface area contributed by atoms with Gasteiger partial charge in [-0.3, -0.25) is 19.2 Å². The molecule has 0 unspecified atom stereocenters. The number of phenols is 2. The molecule has 6 atom stereocenters. The van der Waals surface area contributed by atoms with Crippen molar-refractivity contribution in [1.82, 2.24) is 35.5 Å². The third kappa shape index (κ3) is 13.9. The molecular formula is C47H63N11O14S. The lowest BCUT2D eigenvalue weighted by molar-refractivity contribution is -0.143. The fraction of sp³-hybridized carbons (Fsp3) is 0.426. The van der Waals surface area contributed by atoms with E-state index in [1.165, 1.54) is 38.1 Å². The van der Waals surface area contributed by atoms with Crippen molar-refractivity contribution in [2.45, 2.75) is 89.8 Å². The van der Waals surface area contributed by atoms with Gasteiger partial charge in [-0.2, -0.15) is 13.1 Å². The number of hydrogen-bond donors (Lipinski definition) is 13. The molecule has 73 heavy (non-hydrogen) atoms. The molecule has 4 bridgehead atoms. The molecule has 1 aliphatic heterocycles. The molecule has 4 aromatic rings. The summed E-state index contributed by atoms with van der Waals surface area (Å²) < 4.78 is 38.3. The van der Waals surface area contributed by atoms with Crippen LogP contribution in [0.1, 0.15) is 72.0 Å². The SMILES string of the molecule is Cc1cc(C(C)(C)C)cc(O)c1-c1nc(C)c(C(=O)N[C@@H](CNS(N)(=O)=O)C(=O)N(C)[C@@H]2C(=O)N[C@@H](C)C(=O)N[C@H](C(=O)O)Cc3ccc(OC[C@H](O)CN)c(c3)-c3cc2cc(OC[C@H](O)CN)c3O)c(N)n1. The van der Waals surface area contributed by atoms with E-state index in [-0.39, 0.29) is 93.7 Å². The van der Waals surface area contributed by atoms with Gasteiger partial charge in [-0.05, 0) is 78.8 Å². The highest BCUT2D eigenvalue weighted by Gasteiger charge is 2.38. The van der Waals surface area contributed by atoms with Crippen LogP contribution in [0.5, 0.6) is 23.0 Å². The summed E-state index contributed by atoms with van der Waals surface area (Å²) in [6.07, 6.45) is -2.75. The quantitative estimate of drug-likeness (QED) is 0.0593. The average molecular weight is 1040 g/mol. The summed E-state index contributed by atoms with van der Waals surface area (Å²) in [7, 11) is -3.48. The first kappa shape index (κ1) is 56.7. The molecule has 2 heterocycles. The third-order valence-electron chi connectivity index (χ3n) is 11.8. The number of benzene rings is 3. The summed E-state index contributed by atoms with van der Waals surface area (Å²) >= 11 is 0. The number of anilines is 1. The number of phenolic OH excluding ortho intramolecular Hbond substituents is 2. The van der Waals surface area contributed by atoms with Crippen LogP contribution < -0.4 is 52.5 Å². The normalized spacial score (nSPS) is 17.5. The van der Waals surface area contributed by atoms with Gasteiger partial charge in [-0.15, -0.1) is 0 Å². The number of amides is 4. The summed E-state index contributed by atoms with van der Waals surface area (Å²) in [6, 6.07) is 3.26. The Kier molecular flexibility index (Phi) is 18.0. The van der Waals surface area contributed by atoms with E-state index in [0.29, 0.717) is 5.56 Å². The van der Waals surface area contributed by atoms with Crippen LogP contribution >= 0.6 is 0 Å². The second-order valence-electron chi connectivity index (χ2n) is 18.6. The minimum absolute atomic E-state index is 0.00694. The first-order chi connectivity index (χ1) is 34.0. The first-order valence-electron chi connectivity index (χ1n) is 22.7. The Hall–Kier alpha value is -7.20. The lowest BCUT2D eigenvalue weighted by Crippen LogP contribution is -2.57. The summed E-state index contributed by atoms with van der Waals surface area (Å²) in [5.41, 5.74) is 18.6. The lowest BCUT2D eigenvalue weighted by atomic mass is 9.85. The number of ether oxygens (including phenoxy) is 2. The Bertz CT molecular complexity index is 2830. The molecule has 5 rings (SSSR count). The molecule has 26 heteroatoms. The van der Waals surface area contributed by atoms with Crippen molar-refractivity contribution in [3.05, 3.63) is 76.0 Å². The van der Waals surface area contributed by atoms with E-state index in [0.717, 1.165) is 23.6 Å². The number of carboxylic acid groups (broad SMARTS) is 1. The highest BCUT2D eigenvalue weighted by Crippen LogP contribution is 2.45. The molecule has 0 saturated heterocycles. The number of fused-ring (bicyclic) bond motifs is 5. The van der Waals surface area contributed by atoms with Crippen LogP contribution in [-0.2, 0) is 41.2 Å². The van der Waals surface area contributed by atoms with Gasteiger partial charge in [0.05, 0.1) is 11.3 Å². The van der Waals surface area contributed by atoms with Crippen LogP contribution in [-0.4, -0.2) is 149 Å². The first-order valence-corrected chi connectivity index (χ1v) is 24.3. The minimum Gasteiger partial charge on any atom is -0.507 e. The number of nitrogen functional groups attached to an aromatic ring is 1.